The summed E-state index contributed by atoms with van der Waals surface area (Å²) in [4.78, 5) is 12.4. The van der Waals surface area contributed by atoms with Gasteiger partial charge in [-0.15, -0.1) is 0 Å². The van der Waals surface area contributed by atoms with E-state index in [0.29, 0.717) is 5.56 Å². The van der Waals surface area contributed by atoms with Gasteiger partial charge in [0.1, 0.15) is 22.4 Å². The van der Waals surface area contributed by atoms with Crippen LogP contribution in [0.5, 0.6) is 11.5 Å². The number of hydrogen-bond acceptors (Lipinski definition) is 6. The summed E-state index contributed by atoms with van der Waals surface area (Å²) >= 11 is 0. The van der Waals surface area contributed by atoms with Crippen molar-refractivity contribution in [2.45, 2.75) is 11.8 Å². The summed E-state index contributed by atoms with van der Waals surface area (Å²) in [5, 5.41) is 11.7. The fourth-order valence-electron chi connectivity index (χ4n) is 2.78. The maximum Gasteiger partial charge on any atom is 0.339 e. The van der Waals surface area contributed by atoms with Crippen LogP contribution in [0.1, 0.15) is 11.1 Å². The van der Waals surface area contributed by atoms with Gasteiger partial charge in [-0.2, -0.15) is 13.7 Å². The molecule has 0 unspecified atom stereocenters. The SMILES string of the molecule is COc1cc(/C=C(\C#N)C(=O)Nc2ccccc2F)ccc1OS(=O)(=O)c1ccc(C)cc1. The number of hydrogen-bond donors (Lipinski definition) is 1. The van der Waals surface area contributed by atoms with Crippen LogP contribution >= 0.6 is 0 Å². The molecule has 0 aromatic heterocycles. The fourth-order valence-corrected chi connectivity index (χ4v) is 3.72. The summed E-state index contributed by atoms with van der Waals surface area (Å²) in [6.07, 6.45) is 1.26. The summed E-state index contributed by atoms with van der Waals surface area (Å²) in [7, 11) is -2.78. The molecule has 3 rings (SSSR count). The summed E-state index contributed by atoms with van der Waals surface area (Å²) in [6, 6.07) is 17.7. The van der Waals surface area contributed by atoms with Crippen LogP contribution in [-0.2, 0) is 14.9 Å². The van der Waals surface area contributed by atoms with Crippen LogP contribution in [0.3, 0.4) is 0 Å². The third kappa shape index (κ3) is 5.75. The van der Waals surface area contributed by atoms with Crippen molar-refractivity contribution >= 4 is 27.8 Å². The number of nitrogens with zero attached hydrogens (tertiary/aromatic N) is 1. The molecule has 0 heterocycles. The predicted octanol–water partition coefficient (Wildman–Crippen LogP) is 4.46. The van der Waals surface area contributed by atoms with Gasteiger partial charge in [0.2, 0.25) is 0 Å². The van der Waals surface area contributed by atoms with Gasteiger partial charge in [0.05, 0.1) is 12.8 Å². The first-order valence-electron chi connectivity index (χ1n) is 9.60. The number of nitriles is 1. The number of anilines is 1. The van der Waals surface area contributed by atoms with Gasteiger partial charge in [0, 0.05) is 0 Å². The van der Waals surface area contributed by atoms with Crippen LogP contribution in [0, 0.1) is 24.1 Å². The van der Waals surface area contributed by atoms with Crippen LogP contribution in [-0.4, -0.2) is 21.4 Å². The fraction of sp³-hybridized carbons (Fsp3) is 0.0833. The smallest absolute Gasteiger partial charge is 0.339 e. The minimum absolute atomic E-state index is 0.0179. The summed E-state index contributed by atoms with van der Waals surface area (Å²) < 4.78 is 49.3. The highest BCUT2D eigenvalue weighted by Crippen LogP contribution is 2.31. The van der Waals surface area contributed by atoms with Crippen LogP contribution in [0.4, 0.5) is 10.1 Å². The molecule has 0 saturated heterocycles. The molecule has 3 aromatic rings. The number of methoxy groups -OCH3 is 1. The first kappa shape index (κ1) is 23.5. The van der Waals surface area contributed by atoms with Crippen LogP contribution in [0.15, 0.2) is 77.2 Å². The second-order valence-electron chi connectivity index (χ2n) is 6.86. The van der Waals surface area contributed by atoms with E-state index >= 15 is 0 Å². The molecule has 0 bridgehead atoms. The van der Waals surface area contributed by atoms with Crippen LogP contribution in [0.2, 0.25) is 0 Å². The van der Waals surface area contributed by atoms with Crippen molar-refractivity contribution in [3.8, 4) is 17.6 Å². The lowest BCUT2D eigenvalue weighted by molar-refractivity contribution is -0.112. The minimum Gasteiger partial charge on any atom is -0.493 e. The zero-order chi connectivity index (χ0) is 24.0. The number of amides is 1. The van der Waals surface area contributed by atoms with Crippen molar-refractivity contribution in [2.24, 2.45) is 0 Å². The highest BCUT2D eigenvalue weighted by molar-refractivity contribution is 7.87. The molecule has 3 aromatic carbocycles. The molecule has 0 radical (unpaired) electrons. The Morgan fingerprint density at radius 1 is 1.06 bits per heavy atom. The van der Waals surface area contributed by atoms with Crippen LogP contribution < -0.4 is 14.2 Å². The van der Waals surface area contributed by atoms with Crippen molar-refractivity contribution in [3.05, 3.63) is 89.2 Å². The van der Waals surface area contributed by atoms with Crippen molar-refractivity contribution < 1.29 is 26.5 Å². The molecule has 0 fully saturated rings. The zero-order valence-electron chi connectivity index (χ0n) is 17.7. The number of rotatable bonds is 7. The lowest BCUT2D eigenvalue weighted by Gasteiger charge is -2.12. The molecular weight excluding hydrogens is 447 g/mol. The maximum atomic E-state index is 13.8. The molecule has 0 aliphatic rings. The number of aryl methyl sites for hydroxylation is 1. The molecule has 0 aliphatic heterocycles. The van der Waals surface area contributed by atoms with E-state index in [2.05, 4.69) is 5.32 Å². The Labute approximate surface area is 190 Å². The first-order valence-corrected chi connectivity index (χ1v) is 11.0. The molecular formula is C24H19FN2O5S. The number of ether oxygens (including phenoxy) is 1. The molecule has 1 N–H and O–H groups in total. The topological polar surface area (TPSA) is 105 Å². The Bertz CT molecular complexity index is 1360. The van der Waals surface area contributed by atoms with E-state index in [-0.39, 0.29) is 27.7 Å². The predicted molar refractivity (Wildman–Crippen MR) is 121 cm³/mol. The normalized spacial score (nSPS) is 11.4. The van der Waals surface area contributed by atoms with Gasteiger partial charge in [-0.25, -0.2) is 4.39 Å². The van der Waals surface area contributed by atoms with Crippen molar-refractivity contribution in [2.75, 3.05) is 12.4 Å². The van der Waals surface area contributed by atoms with E-state index in [9.17, 15) is 22.9 Å². The second-order valence-corrected chi connectivity index (χ2v) is 8.41. The van der Waals surface area contributed by atoms with E-state index in [1.807, 2.05) is 6.92 Å². The third-order valence-electron chi connectivity index (χ3n) is 4.49. The Kier molecular flexibility index (Phi) is 7.10. The average molecular weight is 466 g/mol. The molecule has 1 amide bonds. The standard InChI is InChI=1S/C24H19FN2O5S/c1-16-7-10-19(11-8-16)33(29,30)32-22-12-9-17(14-23(22)31-2)13-18(15-26)24(28)27-21-6-4-3-5-20(21)25/h3-14H,1-2H3,(H,27,28)/b18-13+. The Hall–Kier alpha value is -4.16. The molecule has 9 heteroatoms. The molecule has 168 valence electrons. The Morgan fingerprint density at radius 2 is 1.76 bits per heavy atom. The summed E-state index contributed by atoms with van der Waals surface area (Å²) in [5.74, 6) is -1.43. The quantitative estimate of drug-likeness (QED) is 0.313. The van der Waals surface area contributed by atoms with Crippen molar-refractivity contribution in [1.82, 2.24) is 0 Å². The molecule has 0 atom stereocenters. The molecule has 0 aliphatic carbocycles. The number of para-hydroxylation sites is 1. The molecule has 0 spiro atoms. The Morgan fingerprint density at radius 3 is 2.39 bits per heavy atom. The van der Waals surface area contributed by atoms with E-state index in [0.717, 1.165) is 5.56 Å². The molecule has 7 nitrogen and oxygen atoms in total. The van der Waals surface area contributed by atoms with Gasteiger partial charge in [0.25, 0.3) is 5.91 Å². The number of benzene rings is 3. The van der Waals surface area contributed by atoms with E-state index < -0.39 is 21.8 Å². The lowest BCUT2D eigenvalue weighted by atomic mass is 10.1. The third-order valence-corrected chi connectivity index (χ3v) is 5.74. The Balaban J connectivity index is 1.85. The lowest BCUT2D eigenvalue weighted by Crippen LogP contribution is -2.14. The second kappa shape index (κ2) is 9.97. The van der Waals surface area contributed by atoms with Gasteiger partial charge in [0.15, 0.2) is 11.5 Å². The minimum atomic E-state index is -4.10. The summed E-state index contributed by atoms with van der Waals surface area (Å²) in [6.45, 7) is 1.83. The molecule has 0 saturated carbocycles. The van der Waals surface area contributed by atoms with Gasteiger partial charge in [-0.3, -0.25) is 4.79 Å². The van der Waals surface area contributed by atoms with Crippen LogP contribution in [0.25, 0.3) is 6.08 Å². The van der Waals surface area contributed by atoms with E-state index in [1.54, 1.807) is 24.3 Å². The zero-order valence-corrected chi connectivity index (χ0v) is 18.5. The van der Waals surface area contributed by atoms with E-state index in [1.165, 1.54) is 61.7 Å². The average Bonchev–Trinajstić information content (AvgIpc) is 2.79. The van der Waals surface area contributed by atoms with Crippen molar-refractivity contribution in [3.63, 3.8) is 0 Å². The highest BCUT2D eigenvalue weighted by atomic mass is 32.2. The van der Waals surface area contributed by atoms with Gasteiger partial charge < -0.3 is 14.2 Å². The first-order chi connectivity index (χ1) is 15.7. The van der Waals surface area contributed by atoms with Crippen molar-refractivity contribution in [1.29, 1.82) is 5.26 Å². The largest absolute Gasteiger partial charge is 0.493 e. The monoisotopic (exact) mass is 466 g/mol. The van der Waals surface area contributed by atoms with Gasteiger partial charge in [-0.1, -0.05) is 35.9 Å². The number of halogens is 1. The van der Waals surface area contributed by atoms with Gasteiger partial charge >= 0.3 is 10.1 Å². The number of nitrogens with one attached hydrogen (secondary N) is 1. The molecule has 33 heavy (non-hydrogen) atoms. The maximum absolute atomic E-state index is 13.8. The van der Waals surface area contributed by atoms with Gasteiger partial charge in [-0.05, 0) is 55.0 Å². The van der Waals surface area contributed by atoms with E-state index in [4.69, 9.17) is 8.92 Å². The number of carbonyl (C=O) groups excluding carboxylic acids is 1. The highest BCUT2D eigenvalue weighted by Gasteiger charge is 2.19. The summed E-state index contributed by atoms with van der Waals surface area (Å²) in [5.41, 5.74) is 0.912. The number of carbonyl (C=O) groups is 1.